The Kier molecular flexibility index (Phi) is 27.9. The van der Waals surface area contributed by atoms with Crippen LogP contribution in [0.25, 0.3) is 0 Å². The minimum absolute atomic E-state index is 0.00766. The number of carbonyl (C=O) groups excluding carboxylic acids is 1. The minimum atomic E-state index is -2.63. The molecular weight excluding hydrogens is 1250 g/mol. The van der Waals surface area contributed by atoms with Crippen LogP contribution < -0.4 is 10.4 Å². The van der Waals surface area contributed by atoms with Gasteiger partial charge in [0.05, 0.1) is 50.3 Å². The standard InChI is InChI=1S/C25H36O3SSi.C22H24O5S.C15H20O4S.C9H18O3S/c1-18-19(2)24(29-6)28-22(23(18)26)17-27-30(25(3,4)5,20-13-9-7-10-14-20)21-15-11-8-12-16-21;1-14-18(26-20(23)15-9-5-3-6-10-15)19-17(25-22(14)28-2)13-24-21(27-19)16-11-7-4-8-12-16;1-9-12(16)13-11(18-15(9)20-2)8-17-14(19-13)10-6-4-3-5-7-10;1-5-6(2)9(13-3)12-7(4-10)8(5)11/h7-16,18-19,22-24,26H,17H2,1-6H3;3-12,14,17-19,21-22H,13H2,1-2H3;3-7,9,11-16H,8H2,1-2H3;5-11H,4H2,1-3H3/t18-,19?,22?,23+,24+;14?,17?,18-,19-,21?,22+;9?,11?,12-,13-,14?,15+;5-,6?,7?,8+,9+/m1111/s1. The van der Waals surface area contributed by atoms with Gasteiger partial charge in [-0.2, -0.15) is 0 Å². The number of aliphatic hydroxyl groups is 4. The average molecular weight is 1350 g/mol. The Labute approximate surface area is 558 Å². The van der Waals surface area contributed by atoms with Gasteiger partial charge < -0.3 is 67.5 Å². The van der Waals surface area contributed by atoms with E-state index >= 15 is 0 Å². The fourth-order valence-corrected chi connectivity index (χ4v) is 20.9. The lowest BCUT2D eigenvalue weighted by molar-refractivity contribution is -0.311. The van der Waals surface area contributed by atoms with Crippen molar-refractivity contribution >= 4 is 71.7 Å². The molecule has 0 amide bonds. The molecular formula is C71H98O15S4Si. The van der Waals surface area contributed by atoms with Crippen LogP contribution in [0.1, 0.15) is 96.4 Å². The first kappa shape index (κ1) is 73.5. The monoisotopic (exact) mass is 1350 g/mol. The third kappa shape index (κ3) is 17.6. The van der Waals surface area contributed by atoms with Crippen molar-refractivity contribution < 1.29 is 72.3 Å². The topological polar surface area (TPSA) is 190 Å². The second-order valence-electron chi connectivity index (χ2n) is 25.5. The SMILES string of the molecule is CS[C@@H]1OC(CO)[C@@H](O)[C@H](C)C1C.CS[C@@H]1OC(CO[Si](c2ccccc2)(c2ccccc2)C(C)(C)C)[C@@H](O)[C@H](C)C1C.CS[C@@H]1OC2COC(c3ccccc3)O[C@H]2[C@H](O)C1C.CS[C@@H]1OC2COC(c3ccccc3)O[C@H]2[C@H](OC(=O)c2ccccc2)C1C. The number of rotatable bonds is 14. The van der Waals surface area contributed by atoms with E-state index in [1.165, 1.54) is 10.4 Å². The van der Waals surface area contributed by atoms with Crippen LogP contribution >= 0.6 is 47.0 Å². The number of hydrogen-bond acceptors (Lipinski definition) is 19. The van der Waals surface area contributed by atoms with Crippen LogP contribution in [0, 0.1) is 35.5 Å². The number of carbonyl (C=O) groups is 1. The van der Waals surface area contributed by atoms with E-state index in [9.17, 15) is 20.1 Å². The van der Waals surface area contributed by atoms with Crippen molar-refractivity contribution in [1.29, 1.82) is 0 Å². The summed E-state index contributed by atoms with van der Waals surface area (Å²) in [5.74, 6) is 0.669. The zero-order valence-electron chi connectivity index (χ0n) is 54.9. The second kappa shape index (κ2) is 34.6. The van der Waals surface area contributed by atoms with E-state index in [2.05, 4.69) is 108 Å². The summed E-state index contributed by atoms with van der Waals surface area (Å²) in [6.07, 6.45) is 3.20. The fourth-order valence-electron chi connectivity index (χ4n) is 12.8. The van der Waals surface area contributed by atoms with Crippen LogP contribution in [0.2, 0.25) is 5.04 Å². The van der Waals surface area contributed by atoms with Gasteiger partial charge in [-0.15, -0.1) is 47.0 Å². The molecule has 11 rings (SSSR count). The number of ether oxygens (including phenoxy) is 9. The first-order valence-electron chi connectivity index (χ1n) is 31.7. The molecule has 500 valence electrons. The van der Waals surface area contributed by atoms with Crippen LogP contribution in [0.15, 0.2) is 152 Å². The summed E-state index contributed by atoms with van der Waals surface area (Å²) in [5.41, 5.74) is 2.52. The van der Waals surface area contributed by atoms with Gasteiger partial charge in [0.2, 0.25) is 0 Å². The van der Waals surface area contributed by atoms with Gasteiger partial charge in [0, 0.05) is 23.0 Å². The van der Waals surface area contributed by atoms with Crippen LogP contribution in [0.4, 0.5) is 0 Å². The Morgan fingerprint density at radius 3 is 1.31 bits per heavy atom. The van der Waals surface area contributed by atoms with Crippen LogP contribution in [0.5, 0.6) is 0 Å². The van der Waals surface area contributed by atoms with Gasteiger partial charge in [0.1, 0.15) is 64.5 Å². The molecule has 0 bridgehead atoms. The first-order valence-corrected chi connectivity index (χ1v) is 38.8. The van der Waals surface area contributed by atoms with E-state index in [1.807, 2.05) is 118 Å². The van der Waals surface area contributed by atoms with Crippen molar-refractivity contribution in [3.63, 3.8) is 0 Å². The number of aliphatic hydroxyl groups excluding tert-OH is 4. The predicted molar refractivity (Wildman–Crippen MR) is 368 cm³/mol. The van der Waals surface area contributed by atoms with Gasteiger partial charge in [0.15, 0.2) is 12.6 Å². The molecule has 5 aromatic carbocycles. The highest BCUT2D eigenvalue weighted by Gasteiger charge is 2.53. The van der Waals surface area contributed by atoms with E-state index in [0.29, 0.717) is 37.2 Å². The highest BCUT2D eigenvalue weighted by molar-refractivity contribution is 7.99. The quantitative estimate of drug-likeness (QED) is 0.0606. The molecule has 0 aliphatic carbocycles. The molecule has 0 spiro atoms. The maximum Gasteiger partial charge on any atom is 0.338 e. The van der Waals surface area contributed by atoms with Crippen molar-refractivity contribution in [1.82, 2.24) is 0 Å². The fraction of sp³-hybridized carbons (Fsp3) is 0.563. The number of thioether (sulfide) groups is 4. The summed E-state index contributed by atoms with van der Waals surface area (Å²) >= 11 is 6.58. The molecule has 4 N–H and O–H groups in total. The number of hydrogen-bond donors (Lipinski definition) is 4. The number of benzene rings is 5. The Morgan fingerprint density at radius 2 is 0.868 bits per heavy atom. The van der Waals surface area contributed by atoms with Crippen LogP contribution in [-0.2, 0) is 47.1 Å². The largest absolute Gasteiger partial charge is 0.455 e. The van der Waals surface area contributed by atoms with Crippen molar-refractivity contribution in [2.75, 3.05) is 51.5 Å². The molecule has 15 nitrogen and oxygen atoms in total. The van der Waals surface area contributed by atoms with Gasteiger partial charge in [-0.05, 0) is 76.2 Å². The lowest BCUT2D eigenvalue weighted by Gasteiger charge is -2.48. The summed E-state index contributed by atoms with van der Waals surface area (Å²) in [5, 5.41) is 42.5. The summed E-state index contributed by atoms with van der Waals surface area (Å²) < 4.78 is 60.8. The average Bonchev–Trinajstić information content (AvgIpc) is 1.03. The molecule has 91 heavy (non-hydrogen) atoms. The molecule has 0 saturated carbocycles. The highest BCUT2D eigenvalue weighted by atomic mass is 32.2. The highest BCUT2D eigenvalue weighted by Crippen LogP contribution is 2.43. The molecule has 6 aliphatic rings. The van der Waals surface area contributed by atoms with E-state index < -0.39 is 51.4 Å². The van der Waals surface area contributed by atoms with Crippen molar-refractivity contribution in [3.05, 3.63) is 168 Å². The molecule has 20 heteroatoms. The number of esters is 1. The minimum Gasteiger partial charge on any atom is -0.455 e. The van der Waals surface area contributed by atoms with Gasteiger partial charge in [-0.3, -0.25) is 0 Å². The van der Waals surface area contributed by atoms with Crippen molar-refractivity contribution in [2.24, 2.45) is 35.5 Å². The normalized spacial score (nSPS) is 34.8. The molecule has 0 radical (unpaired) electrons. The molecule has 6 aliphatic heterocycles. The number of fused-ring (bicyclic) bond motifs is 2. The van der Waals surface area contributed by atoms with Gasteiger partial charge in [0.25, 0.3) is 8.32 Å². The Hall–Kier alpha value is -3.33. The van der Waals surface area contributed by atoms with Crippen LogP contribution in [0.3, 0.4) is 0 Å². The van der Waals surface area contributed by atoms with Crippen molar-refractivity contribution in [3.8, 4) is 0 Å². The van der Waals surface area contributed by atoms with Gasteiger partial charge >= 0.3 is 5.97 Å². The smallest absolute Gasteiger partial charge is 0.338 e. The van der Waals surface area contributed by atoms with Crippen molar-refractivity contribution in [2.45, 2.75) is 163 Å². The maximum absolute atomic E-state index is 12.7. The molecule has 22 atom stereocenters. The summed E-state index contributed by atoms with van der Waals surface area (Å²) in [4.78, 5) is 12.7. The Morgan fingerprint density at radius 1 is 0.484 bits per heavy atom. The lowest BCUT2D eigenvalue weighted by Crippen LogP contribution is -2.67. The molecule has 6 fully saturated rings. The van der Waals surface area contributed by atoms with E-state index in [1.54, 1.807) is 59.2 Å². The van der Waals surface area contributed by atoms with E-state index in [4.69, 9.17) is 52.2 Å². The van der Waals surface area contributed by atoms with E-state index in [0.717, 1.165) is 11.1 Å². The lowest BCUT2D eigenvalue weighted by atomic mass is 9.86. The van der Waals surface area contributed by atoms with Crippen LogP contribution in [-0.4, -0.2) is 169 Å². The Bertz CT molecular complexity index is 2850. The predicted octanol–water partition coefficient (Wildman–Crippen LogP) is 11.2. The molecule has 10 unspecified atom stereocenters. The zero-order valence-corrected chi connectivity index (χ0v) is 59.1. The molecule has 6 heterocycles. The zero-order chi connectivity index (χ0) is 65.6. The second-order valence-corrected chi connectivity index (χ2v) is 33.5. The summed E-state index contributed by atoms with van der Waals surface area (Å²) in [6, 6.07) is 49.9. The van der Waals surface area contributed by atoms with Gasteiger partial charge in [-0.25, -0.2) is 4.79 Å². The van der Waals surface area contributed by atoms with Gasteiger partial charge in [-0.1, -0.05) is 202 Å². The third-order valence-corrected chi connectivity index (χ3v) is 27.7. The molecule has 0 aromatic heterocycles. The summed E-state index contributed by atoms with van der Waals surface area (Å²) in [6.45, 7) is 20.3. The third-order valence-electron chi connectivity index (χ3n) is 18.7. The first-order chi connectivity index (χ1) is 43.7. The summed E-state index contributed by atoms with van der Waals surface area (Å²) in [7, 11) is -2.63. The molecule has 6 saturated heterocycles. The molecule has 5 aromatic rings. The maximum atomic E-state index is 12.7. The Balaban J connectivity index is 0.000000163. The van der Waals surface area contributed by atoms with E-state index in [-0.39, 0.29) is 93.5 Å².